The fourth-order valence-corrected chi connectivity index (χ4v) is 3.78. The number of hydrogen-bond acceptors (Lipinski definition) is 4. The van der Waals surface area contributed by atoms with E-state index >= 15 is 0 Å². The third kappa shape index (κ3) is 3.57. The molecule has 0 fully saturated rings. The van der Waals surface area contributed by atoms with Crippen LogP contribution in [0.25, 0.3) is 0 Å². The van der Waals surface area contributed by atoms with Crippen molar-refractivity contribution in [3.8, 4) is 11.5 Å². The maximum absolute atomic E-state index is 13.1. The third-order valence-corrected chi connectivity index (χ3v) is 5.19. The van der Waals surface area contributed by atoms with E-state index in [4.69, 9.17) is 9.47 Å². The Balaban J connectivity index is 2.66. The molecule has 1 N–H and O–H groups in total. The Bertz CT molecular complexity index is 695. The molecule has 0 aliphatic rings. The average Bonchev–Trinajstić information content (AvgIpc) is 2.59. The monoisotopic (exact) mass is 334 g/mol. The molecule has 0 spiro atoms. The van der Waals surface area contributed by atoms with Gasteiger partial charge >= 0.3 is 0 Å². The summed E-state index contributed by atoms with van der Waals surface area (Å²) >= 11 is 0. The largest absolute Gasteiger partial charge is 0.496 e. The summed E-state index contributed by atoms with van der Waals surface area (Å²) in [5, 5.41) is 10.4. The van der Waals surface area contributed by atoms with E-state index in [-0.39, 0.29) is 0 Å². The number of aliphatic hydroxyl groups excluding tert-OH is 1. The molecule has 0 bridgehead atoms. The van der Waals surface area contributed by atoms with E-state index in [0.29, 0.717) is 33.3 Å². The highest BCUT2D eigenvalue weighted by atomic mass is 32.2. The van der Waals surface area contributed by atoms with Crippen molar-refractivity contribution in [2.24, 2.45) is 0 Å². The Hall–Kier alpha value is -1.85. The Kier molecular flexibility index (Phi) is 5.80. The van der Waals surface area contributed by atoms with E-state index < -0.39 is 16.9 Å². The summed E-state index contributed by atoms with van der Waals surface area (Å²) < 4.78 is 23.9. The summed E-state index contributed by atoms with van der Waals surface area (Å²) in [6.07, 6.45) is -0.286. The number of aryl methyl sites for hydroxylation is 1. The van der Waals surface area contributed by atoms with Gasteiger partial charge in [-0.2, -0.15) is 0 Å². The molecule has 0 aliphatic carbocycles. The van der Waals surface area contributed by atoms with Crippen molar-refractivity contribution in [2.75, 3.05) is 14.2 Å². The number of aliphatic hydroxyl groups is 1. The van der Waals surface area contributed by atoms with E-state index in [0.717, 1.165) is 5.56 Å². The van der Waals surface area contributed by atoms with Crippen LogP contribution in [-0.2, 0) is 10.8 Å². The molecule has 0 saturated carbocycles. The number of rotatable bonds is 6. The summed E-state index contributed by atoms with van der Waals surface area (Å²) in [5.41, 5.74) is 1.62. The molecule has 0 aromatic heterocycles. The molecule has 124 valence electrons. The smallest absolute Gasteiger partial charge is 0.136 e. The number of methoxy groups -OCH3 is 2. The molecule has 4 nitrogen and oxygen atoms in total. The van der Waals surface area contributed by atoms with Gasteiger partial charge in [-0.05, 0) is 37.6 Å². The first-order valence-electron chi connectivity index (χ1n) is 7.44. The van der Waals surface area contributed by atoms with Crippen molar-refractivity contribution in [2.45, 2.75) is 36.2 Å². The first-order chi connectivity index (χ1) is 11.0. The molecule has 2 aromatic rings. The Morgan fingerprint density at radius 3 is 2.13 bits per heavy atom. The van der Waals surface area contributed by atoms with Crippen molar-refractivity contribution < 1.29 is 18.8 Å². The summed E-state index contributed by atoms with van der Waals surface area (Å²) in [4.78, 5) is 1.12. The highest BCUT2D eigenvalue weighted by Crippen LogP contribution is 2.40. The van der Waals surface area contributed by atoms with Crippen LogP contribution in [-0.4, -0.2) is 23.5 Å². The third-order valence-electron chi connectivity index (χ3n) is 3.70. The van der Waals surface area contributed by atoms with Gasteiger partial charge in [-0.15, -0.1) is 0 Å². The Morgan fingerprint density at radius 2 is 1.61 bits per heavy atom. The second-order valence-electron chi connectivity index (χ2n) is 5.22. The fraction of sp³-hybridized carbons (Fsp3) is 0.333. The van der Waals surface area contributed by atoms with Gasteiger partial charge < -0.3 is 14.6 Å². The van der Waals surface area contributed by atoms with Crippen molar-refractivity contribution in [3.05, 3.63) is 47.5 Å². The number of benzene rings is 2. The molecule has 0 radical (unpaired) electrons. The zero-order chi connectivity index (χ0) is 17.0. The number of hydrogen-bond donors (Lipinski definition) is 1. The molecule has 5 heteroatoms. The minimum atomic E-state index is -1.48. The van der Waals surface area contributed by atoms with E-state index in [1.165, 1.54) is 14.2 Å². The maximum Gasteiger partial charge on any atom is 0.136 e. The predicted octanol–water partition coefficient (Wildman–Crippen LogP) is 3.62. The summed E-state index contributed by atoms with van der Waals surface area (Å²) in [6, 6.07) is 10.9. The van der Waals surface area contributed by atoms with Crippen LogP contribution in [0.1, 0.15) is 30.6 Å². The number of ether oxygens (including phenoxy) is 2. The van der Waals surface area contributed by atoms with Crippen LogP contribution in [0, 0.1) is 6.92 Å². The average molecular weight is 334 g/mol. The van der Waals surface area contributed by atoms with Gasteiger partial charge in [-0.25, -0.2) is 4.21 Å². The van der Waals surface area contributed by atoms with Gasteiger partial charge in [0.1, 0.15) is 11.5 Å². The van der Waals surface area contributed by atoms with Crippen LogP contribution in [0.3, 0.4) is 0 Å². The van der Waals surface area contributed by atoms with Crippen LogP contribution in [0.5, 0.6) is 11.5 Å². The first kappa shape index (κ1) is 17.5. The van der Waals surface area contributed by atoms with E-state index in [9.17, 15) is 9.32 Å². The minimum absolute atomic E-state index is 0.463. The molecular formula is C18H22O4S. The zero-order valence-electron chi connectivity index (χ0n) is 13.8. The van der Waals surface area contributed by atoms with Crippen LogP contribution < -0.4 is 9.47 Å². The predicted molar refractivity (Wildman–Crippen MR) is 90.7 cm³/mol. The van der Waals surface area contributed by atoms with E-state index in [2.05, 4.69) is 0 Å². The molecule has 2 aromatic carbocycles. The van der Waals surface area contributed by atoms with Crippen LogP contribution in [0.15, 0.2) is 46.2 Å². The summed E-state index contributed by atoms with van der Waals surface area (Å²) in [6.45, 7) is 3.84. The Labute approximate surface area is 139 Å². The van der Waals surface area contributed by atoms with Crippen molar-refractivity contribution in [3.63, 3.8) is 0 Å². The van der Waals surface area contributed by atoms with Gasteiger partial charge in [0.05, 0.1) is 36.0 Å². The normalized spacial score (nSPS) is 13.4. The second kappa shape index (κ2) is 7.62. The second-order valence-corrected chi connectivity index (χ2v) is 6.64. The molecule has 23 heavy (non-hydrogen) atoms. The zero-order valence-corrected chi connectivity index (χ0v) is 14.6. The van der Waals surface area contributed by atoms with Gasteiger partial charge in [0.2, 0.25) is 0 Å². The molecule has 1 unspecified atom stereocenters. The maximum atomic E-state index is 13.1. The molecule has 2 rings (SSSR count). The standard InChI is InChI=1S/C18H22O4S/c1-5-14(19)17-15(21-3)10-11-16(22-4)18(17)23(20)13-8-6-12(2)7-9-13/h6-11,14,19H,5H2,1-4H3/t14-,23?/m0/s1. The summed E-state index contributed by atoms with van der Waals surface area (Å²) in [7, 11) is 1.58. The lowest BCUT2D eigenvalue weighted by atomic mass is 10.1. The van der Waals surface area contributed by atoms with E-state index in [1.54, 1.807) is 12.1 Å². The lowest BCUT2D eigenvalue weighted by molar-refractivity contribution is 0.165. The van der Waals surface area contributed by atoms with Crippen LogP contribution in [0.4, 0.5) is 0 Å². The highest BCUT2D eigenvalue weighted by molar-refractivity contribution is 7.85. The summed E-state index contributed by atoms with van der Waals surface area (Å²) in [5.74, 6) is 0.989. The van der Waals surface area contributed by atoms with Crippen LogP contribution >= 0.6 is 0 Å². The Morgan fingerprint density at radius 1 is 1.04 bits per heavy atom. The minimum Gasteiger partial charge on any atom is -0.496 e. The van der Waals surface area contributed by atoms with E-state index in [1.807, 2.05) is 38.1 Å². The van der Waals surface area contributed by atoms with Gasteiger partial charge in [-0.1, -0.05) is 24.6 Å². The molecule has 2 atom stereocenters. The lowest BCUT2D eigenvalue weighted by Crippen LogP contribution is -2.08. The molecular weight excluding hydrogens is 312 g/mol. The quantitative estimate of drug-likeness (QED) is 0.876. The fourth-order valence-electron chi connectivity index (χ4n) is 2.39. The van der Waals surface area contributed by atoms with Crippen molar-refractivity contribution >= 4 is 10.8 Å². The topological polar surface area (TPSA) is 55.8 Å². The molecule has 0 amide bonds. The van der Waals surface area contributed by atoms with Gasteiger partial charge in [0, 0.05) is 10.5 Å². The van der Waals surface area contributed by atoms with Crippen LogP contribution in [0.2, 0.25) is 0 Å². The lowest BCUT2D eigenvalue weighted by Gasteiger charge is -2.20. The molecule has 0 heterocycles. The van der Waals surface area contributed by atoms with Gasteiger partial charge in [-0.3, -0.25) is 0 Å². The SMILES string of the molecule is CC[C@H](O)c1c(OC)ccc(OC)c1S(=O)c1ccc(C)cc1. The first-order valence-corrected chi connectivity index (χ1v) is 8.59. The molecule has 0 saturated heterocycles. The van der Waals surface area contributed by atoms with Crippen molar-refractivity contribution in [1.82, 2.24) is 0 Å². The van der Waals surface area contributed by atoms with Gasteiger partial charge in [0.15, 0.2) is 0 Å². The highest BCUT2D eigenvalue weighted by Gasteiger charge is 2.25. The van der Waals surface area contributed by atoms with Gasteiger partial charge in [0.25, 0.3) is 0 Å². The van der Waals surface area contributed by atoms with Crippen molar-refractivity contribution in [1.29, 1.82) is 0 Å². The molecule has 0 aliphatic heterocycles.